The van der Waals surface area contributed by atoms with Crippen LogP contribution in [0.5, 0.6) is 5.75 Å². The number of hydrogen-bond acceptors (Lipinski definition) is 2. The lowest BCUT2D eigenvalue weighted by Crippen LogP contribution is -2.01. The second-order valence-electron chi connectivity index (χ2n) is 5.84. The molecule has 0 heterocycles. The standard InChI is InChI=1S/C22H15F2NO/c23-22(24)26-21-12-6-5-11-20(21)25-14-19-17-9-3-1-7-15(17)13-16-8-2-4-10-18(16)19/h1-14,22H. The predicted molar refractivity (Wildman–Crippen MR) is 102 cm³/mol. The lowest BCUT2D eigenvalue weighted by molar-refractivity contribution is -0.0494. The first-order valence-electron chi connectivity index (χ1n) is 8.21. The summed E-state index contributed by atoms with van der Waals surface area (Å²) in [5, 5.41) is 4.32. The Hall–Kier alpha value is -3.27. The van der Waals surface area contributed by atoms with Crippen LogP contribution in [0.2, 0.25) is 0 Å². The van der Waals surface area contributed by atoms with E-state index in [9.17, 15) is 8.78 Å². The summed E-state index contributed by atoms with van der Waals surface area (Å²) < 4.78 is 29.8. The van der Waals surface area contributed by atoms with Crippen LogP contribution in [0.3, 0.4) is 0 Å². The fraction of sp³-hybridized carbons (Fsp3) is 0.0455. The van der Waals surface area contributed by atoms with E-state index in [4.69, 9.17) is 0 Å². The Morgan fingerprint density at radius 1 is 0.769 bits per heavy atom. The molecule has 0 aliphatic heterocycles. The van der Waals surface area contributed by atoms with Gasteiger partial charge in [0.15, 0.2) is 5.75 Å². The van der Waals surface area contributed by atoms with E-state index in [2.05, 4.69) is 15.8 Å². The molecule has 0 aliphatic carbocycles. The van der Waals surface area contributed by atoms with Crippen LogP contribution in [-0.2, 0) is 0 Å². The van der Waals surface area contributed by atoms with Gasteiger partial charge < -0.3 is 4.74 Å². The van der Waals surface area contributed by atoms with Crippen molar-refractivity contribution in [3.05, 3.63) is 84.4 Å². The molecule has 0 radical (unpaired) electrons. The number of aliphatic imine (C=N–C) groups is 1. The van der Waals surface area contributed by atoms with Crippen molar-refractivity contribution < 1.29 is 13.5 Å². The fourth-order valence-corrected chi connectivity index (χ4v) is 3.08. The number of alkyl halides is 2. The van der Waals surface area contributed by atoms with Gasteiger partial charge in [0.25, 0.3) is 0 Å². The van der Waals surface area contributed by atoms with Crippen molar-refractivity contribution in [3.63, 3.8) is 0 Å². The quantitative estimate of drug-likeness (QED) is 0.311. The number of ether oxygens (including phenoxy) is 1. The van der Waals surface area contributed by atoms with Crippen molar-refractivity contribution in [1.82, 2.24) is 0 Å². The molecule has 128 valence electrons. The normalized spacial score (nSPS) is 11.7. The van der Waals surface area contributed by atoms with Gasteiger partial charge in [0.1, 0.15) is 5.69 Å². The van der Waals surface area contributed by atoms with Gasteiger partial charge in [0.2, 0.25) is 0 Å². The molecule has 0 aromatic heterocycles. The first kappa shape index (κ1) is 16.2. The maximum Gasteiger partial charge on any atom is 0.387 e. The molecule has 0 N–H and O–H groups in total. The Morgan fingerprint density at radius 3 is 2.00 bits per heavy atom. The number of nitrogens with zero attached hydrogens (tertiary/aromatic N) is 1. The number of fused-ring (bicyclic) bond motifs is 2. The Morgan fingerprint density at radius 2 is 1.35 bits per heavy atom. The second-order valence-corrected chi connectivity index (χ2v) is 5.84. The minimum absolute atomic E-state index is 0.0586. The summed E-state index contributed by atoms with van der Waals surface area (Å²) in [6.45, 7) is -2.88. The minimum Gasteiger partial charge on any atom is -0.433 e. The lowest BCUT2D eigenvalue weighted by Gasteiger charge is -2.09. The number of hydrogen-bond donors (Lipinski definition) is 0. The molecule has 0 aliphatic rings. The molecule has 0 saturated carbocycles. The van der Waals surface area contributed by atoms with E-state index in [1.54, 1.807) is 24.4 Å². The molecule has 4 aromatic carbocycles. The smallest absolute Gasteiger partial charge is 0.387 e. The Kier molecular flexibility index (Phi) is 4.32. The largest absolute Gasteiger partial charge is 0.433 e. The molecule has 0 saturated heterocycles. The van der Waals surface area contributed by atoms with Crippen LogP contribution in [-0.4, -0.2) is 12.8 Å². The van der Waals surface area contributed by atoms with Crippen molar-refractivity contribution in [3.8, 4) is 5.75 Å². The summed E-state index contributed by atoms with van der Waals surface area (Å²) in [5.41, 5.74) is 1.32. The highest BCUT2D eigenvalue weighted by molar-refractivity contribution is 6.13. The van der Waals surface area contributed by atoms with Crippen LogP contribution in [0.15, 0.2) is 83.9 Å². The lowest BCUT2D eigenvalue weighted by atomic mass is 9.97. The van der Waals surface area contributed by atoms with E-state index in [0.717, 1.165) is 27.1 Å². The van der Waals surface area contributed by atoms with E-state index in [-0.39, 0.29) is 5.75 Å². The number of benzene rings is 4. The minimum atomic E-state index is -2.88. The molecular formula is C22H15F2NO. The van der Waals surface area contributed by atoms with E-state index in [1.165, 1.54) is 6.07 Å². The summed E-state index contributed by atoms with van der Waals surface area (Å²) >= 11 is 0. The van der Waals surface area contributed by atoms with Crippen LogP contribution in [0.1, 0.15) is 5.56 Å². The van der Waals surface area contributed by atoms with Crippen LogP contribution in [0, 0.1) is 0 Å². The van der Waals surface area contributed by atoms with Crippen LogP contribution in [0.25, 0.3) is 21.5 Å². The first-order valence-corrected chi connectivity index (χ1v) is 8.21. The van der Waals surface area contributed by atoms with Gasteiger partial charge in [-0.05, 0) is 39.7 Å². The van der Waals surface area contributed by atoms with Gasteiger partial charge in [0, 0.05) is 11.8 Å². The third-order valence-electron chi connectivity index (χ3n) is 4.23. The van der Waals surface area contributed by atoms with Crippen LogP contribution in [0.4, 0.5) is 14.5 Å². The van der Waals surface area contributed by atoms with Gasteiger partial charge in [-0.2, -0.15) is 8.78 Å². The van der Waals surface area contributed by atoms with Crippen molar-refractivity contribution in [2.75, 3.05) is 0 Å². The maximum absolute atomic E-state index is 12.6. The molecule has 0 amide bonds. The zero-order valence-electron chi connectivity index (χ0n) is 13.8. The van der Waals surface area contributed by atoms with Gasteiger partial charge in [0.05, 0.1) is 0 Å². The molecule has 4 aromatic rings. The van der Waals surface area contributed by atoms with Crippen molar-refractivity contribution in [2.24, 2.45) is 4.99 Å². The van der Waals surface area contributed by atoms with Gasteiger partial charge >= 0.3 is 6.61 Å². The third kappa shape index (κ3) is 3.14. The van der Waals surface area contributed by atoms with Gasteiger partial charge in [-0.3, -0.25) is 4.99 Å². The number of rotatable bonds is 4. The zero-order valence-corrected chi connectivity index (χ0v) is 13.8. The summed E-state index contributed by atoms with van der Waals surface area (Å²) in [4.78, 5) is 4.45. The average molecular weight is 347 g/mol. The van der Waals surface area contributed by atoms with Gasteiger partial charge in [-0.1, -0.05) is 60.7 Å². The first-order chi connectivity index (χ1) is 12.7. The van der Waals surface area contributed by atoms with E-state index >= 15 is 0 Å². The highest BCUT2D eigenvalue weighted by atomic mass is 19.3. The third-order valence-corrected chi connectivity index (χ3v) is 4.23. The predicted octanol–water partition coefficient (Wildman–Crippen LogP) is 6.35. The van der Waals surface area contributed by atoms with E-state index in [0.29, 0.717) is 5.69 Å². The Labute approximate surface area is 149 Å². The van der Waals surface area contributed by atoms with Crippen LogP contribution >= 0.6 is 0 Å². The second kappa shape index (κ2) is 6.92. The molecular weight excluding hydrogens is 332 g/mol. The topological polar surface area (TPSA) is 21.6 Å². The molecule has 4 heteroatoms. The molecule has 0 spiro atoms. The zero-order chi connectivity index (χ0) is 17.9. The Balaban J connectivity index is 1.88. The average Bonchev–Trinajstić information content (AvgIpc) is 2.66. The SMILES string of the molecule is FC(F)Oc1ccccc1N=Cc1c2ccccc2cc2ccccc12. The Bertz CT molecular complexity index is 1050. The fourth-order valence-electron chi connectivity index (χ4n) is 3.08. The van der Waals surface area contributed by atoms with Crippen molar-refractivity contribution in [2.45, 2.75) is 6.61 Å². The van der Waals surface area contributed by atoms with E-state index in [1.807, 2.05) is 48.5 Å². The molecule has 2 nitrogen and oxygen atoms in total. The molecule has 0 bridgehead atoms. The molecule has 0 unspecified atom stereocenters. The summed E-state index contributed by atoms with van der Waals surface area (Å²) in [7, 11) is 0. The molecule has 0 atom stereocenters. The summed E-state index contributed by atoms with van der Waals surface area (Å²) in [5.74, 6) is 0.0586. The molecule has 0 fully saturated rings. The molecule has 4 rings (SSSR count). The number of para-hydroxylation sites is 2. The number of halogens is 2. The molecule has 26 heavy (non-hydrogen) atoms. The summed E-state index contributed by atoms with van der Waals surface area (Å²) in [6.07, 6.45) is 1.72. The van der Waals surface area contributed by atoms with Gasteiger partial charge in [-0.25, -0.2) is 0 Å². The van der Waals surface area contributed by atoms with E-state index < -0.39 is 6.61 Å². The summed E-state index contributed by atoms with van der Waals surface area (Å²) in [6, 6.07) is 24.8. The van der Waals surface area contributed by atoms with Gasteiger partial charge in [-0.15, -0.1) is 0 Å². The monoisotopic (exact) mass is 347 g/mol. The highest BCUT2D eigenvalue weighted by Crippen LogP contribution is 2.31. The van der Waals surface area contributed by atoms with Crippen LogP contribution < -0.4 is 4.74 Å². The van der Waals surface area contributed by atoms with Crippen molar-refractivity contribution >= 4 is 33.4 Å². The maximum atomic E-state index is 12.6. The highest BCUT2D eigenvalue weighted by Gasteiger charge is 2.09. The van der Waals surface area contributed by atoms with Crippen molar-refractivity contribution in [1.29, 1.82) is 0 Å².